The fourth-order valence-electron chi connectivity index (χ4n) is 2.72. The molecule has 0 atom stereocenters. The van der Waals surface area contributed by atoms with E-state index in [-0.39, 0.29) is 43.1 Å². The quantitative estimate of drug-likeness (QED) is 0.851. The van der Waals surface area contributed by atoms with Gasteiger partial charge in [0.1, 0.15) is 5.56 Å². The smallest absolute Gasteiger partial charge is 0.259 e. The molecule has 1 fully saturated rings. The van der Waals surface area contributed by atoms with Gasteiger partial charge in [0.05, 0.1) is 6.26 Å². The molecular weight excluding hydrogens is 318 g/mol. The molecule has 0 bridgehead atoms. The van der Waals surface area contributed by atoms with Crippen molar-refractivity contribution < 1.29 is 13.2 Å². The van der Waals surface area contributed by atoms with Gasteiger partial charge in [-0.2, -0.15) is 4.31 Å². The molecule has 1 saturated heterocycles. The summed E-state index contributed by atoms with van der Waals surface area (Å²) in [4.78, 5) is 29.5. The van der Waals surface area contributed by atoms with Crippen LogP contribution >= 0.6 is 0 Å². The molecule has 2 aromatic rings. The van der Waals surface area contributed by atoms with Crippen LogP contribution in [0.15, 0.2) is 35.3 Å². The van der Waals surface area contributed by atoms with Gasteiger partial charge in [-0.15, -0.1) is 0 Å². The van der Waals surface area contributed by atoms with Gasteiger partial charge >= 0.3 is 0 Å². The summed E-state index contributed by atoms with van der Waals surface area (Å²) in [5.41, 5.74) is 0.447. The van der Waals surface area contributed by atoms with Gasteiger partial charge in [0.25, 0.3) is 5.91 Å². The molecule has 0 radical (unpaired) electrons. The third-order valence-electron chi connectivity index (χ3n) is 4.01. The van der Waals surface area contributed by atoms with Crippen molar-refractivity contribution in [2.45, 2.75) is 0 Å². The summed E-state index contributed by atoms with van der Waals surface area (Å²) in [6, 6.07) is 7.00. The number of hydrogen-bond acceptors (Lipinski definition) is 4. The Kier molecular flexibility index (Phi) is 3.95. The maximum Gasteiger partial charge on any atom is 0.259 e. The number of pyridine rings is 1. The number of hydrogen-bond donors (Lipinski definition) is 1. The number of benzene rings is 1. The van der Waals surface area contributed by atoms with E-state index in [1.54, 1.807) is 18.2 Å². The first-order valence-corrected chi connectivity index (χ1v) is 9.07. The van der Waals surface area contributed by atoms with Crippen molar-refractivity contribution in [1.29, 1.82) is 0 Å². The summed E-state index contributed by atoms with van der Waals surface area (Å²) in [5, 5.41) is 0.466. The fourth-order valence-corrected chi connectivity index (χ4v) is 3.55. The molecule has 0 aliphatic carbocycles. The Bertz CT molecular complexity index is 912. The van der Waals surface area contributed by atoms with Gasteiger partial charge in [-0.05, 0) is 12.1 Å². The van der Waals surface area contributed by atoms with E-state index in [2.05, 4.69) is 4.98 Å². The van der Waals surface area contributed by atoms with Crippen LogP contribution in [0.2, 0.25) is 0 Å². The molecule has 0 unspecified atom stereocenters. The van der Waals surface area contributed by atoms with Crippen LogP contribution in [-0.2, 0) is 10.0 Å². The van der Waals surface area contributed by atoms with Crippen LogP contribution in [0.3, 0.4) is 0 Å². The first kappa shape index (κ1) is 15.7. The van der Waals surface area contributed by atoms with Crippen LogP contribution in [0.4, 0.5) is 0 Å². The Labute approximate surface area is 133 Å². The van der Waals surface area contributed by atoms with E-state index in [9.17, 15) is 18.0 Å². The van der Waals surface area contributed by atoms with Crippen LogP contribution < -0.4 is 5.43 Å². The number of aromatic nitrogens is 1. The molecule has 3 rings (SSSR count). The first-order chi connectivity index (χ1) is 10.9. The topological polar surface area (TPSA) is 90.6 Å². The van der Waals surface area contributed by atoms with Gasteiger partial charge in [-0.3, -0.25) is 9.59 Å². The van der Waals surface area contributed by atoms with E-state index < -0.39 is 10.0 Å². The Hall–Kier alpha value is -2.19. The second-order valence-electron chi connectivity index (χ2n) is 5.53. The molecule has 1 aromatic carbocycles. The highest BCUT2D eigenvalue weighted by molar-refractivity contribution is 7.88. The minimum Gasteiger partial charge on any atom is -0.360 e. The predicted molar refractivity (Wildman–Crippen MR) is 86.9 cm³/mol. The molecule has 7 nitrogen and oxygen atoms in total. The summed E-state index contributed by atoms with van der Waals surface area (Å²) in [5.74, 6) is -0.370. The van der Waals surface area contributed by atoms with Crippen LogP contribution in [-0.4, -0.2) is 60.9 Å². The highest BCUT2D eigenvalue weighted by atomic mass is 32.2. The lowest BCUT2D eigenvalue weighted by Crippen LogP contribution is -2.50. The molecular formula is C15H17N3O4S. The number of rotatable bonds is 2. The lowest BCUT2D eigenvalue weighted by atomic mass is 10.1. The highest BCUT2D eigenvalue weighted by Gasteiger charge is 2.27. The normalized spacial score (nSPS) is 16.7. The first-order valence-electron chi connectivity index (χ1n) is 7.23. The molecule has 1 aromatic heterocycles. The average Bonchev–Trinajstić information content (AvgIpc) is 2.54. The minimum absolute atomic E-state index is 0.0801. The van der Waals surface area contributed by atoms with E-state index in [0.717, 1.165) is 6.26 Å². The molecule has 1 N–H and O–H groups in total. The van der Waals surface area contributed by atoms with Crippen LogP contribution in [0, 0.1) is 0 Å². The molecule has 23 heavy (non-hydrogen) atoms. The van der Waals surface area contributed by atoms with Crippen LogP contribution in [0.25, 0.3) is 10.9 Å². The number of para-hydroxylation sites is 1. The van der Waals surface area contributed by atoms with E-state index in [1.165, 1.54) is 15.4 Å². The molecule has 1 aliphatic heterocycles. The van der Waals surface area contributed by atoms with E-state index in [1.807, 2.05) is 6.07 Å². The van der Waals surface area contributed by atoms with Crippen molar-refractivity contribution in [1.82, 2.24) is 14.2 Å². The number of fused-ring (bicyclic) bond motifs is 1. The third kappa shape index (κ3) is 2.99. The number of piperazine rings is 1. The van der Waals surface area contributed by atoms with Gasteiger partial charge in [0, 0.05) is 43.3 Å². The van der Waals surface area contributed by atoms with Crippen LogP contribution in [0.1, 0.15) is 10.4 Å². The van der Waals surface area contributed by atoms with Crippen molar-refractivity contribution in [3.63, 3.8) is 0 Å². The molecule has 0 saturated carbocycles. The zero-order chi connectivity index (χ0) is 16.6. The molecule has 2 heterocycles. The second-order valence-corrected chi connectivity index (χ2v) is 7.51. The van der Waals surface area contributed by atoms with Crippen molar-refractivity contribution >= 4 is 26.8 Å². The number of carbonyl (C=O) groups excluding carboxylic acids is 1. The average molecular weight is 335 g/mol. The summed E-state index contributed by atoms with van der Waals surface area (Å²) in [7, 11) is -3.25. The number of carbonyl (C=O) groups is 1. The second kappa shape index (κ2) is 5.78. The molecule has 0 spiro atoms. The Balaban J connectivity index is 1.85. The monoisotopic (exact) mass is 335 g/mol. The fraction of sp³-hybridized carbons (Fsp3) is 0.333. The Morgan fingerprint density at radius 1 is 1.13 bits per heavy atom. The molecule has 8 heteroatoms. The Morgan fingerprint density at radius 2 is 1.78 bits per heavy atom. The number of H-pyrrole nitrogens is 1. The Morgan fingerprint density at radius 3 is 2.43 bits per heavy atom. The SMILES string of the molecule is CS(=O)(=O)N1CCN(C(=O)c2c[nH]c3ccccc3c2=O)CC1. The van der Waals surface area contributed by atoms with Crippen molar-refractivity contribution in [2.75, 3.05) is 32.4 Å². The maximum atomic E-state index is 12.6. The van der Waals surface area contributed by atoms with E-state index in [0.29, 0.717) is 10.9 Å². The van der Waals surface area contributed by atoms with Gasteiger partial charge in [-0.1, -0.05) is 12.1 Å². The van der Waals surface area contributed by atoms with E-state index >= 15 is 0 Å². The maximum absolute atomic E-state index is 12.6. The highest BCUT2D eigenvalue weighted by Crippen LogP contribution is 2.11. The zero-order valence-corrected chi connectivity index (χ0v) is 13.5. The number of nitrogens with zero attached hydrogens (tertiary/aromatic N) is 2. The molecule has 1 aliphatic rings. The number of amides is 1. The molecule has 122 valence electrons. The van der Waals surface area contributed by atoms with Gasteiger partial charge < -0.3 is 9.88 Å². The largest absolute Gasteiger partial charge is 0.360 e. The summed E-state index contributed by atoms with van der Waals surface area (Å²) >= 11 is 0. The van der Waals surface area contributed by atoms with Crippen molar-refractivity contribution in [2.24, 2.45) is 0 Å². The van der Waals surface area contributed by atoms with Crippen molar-refractivity contribution in [3.05, 3.63) is 46.2 Å². The predicted octanol–water partition coefficient (Wildman–Crippen LogP) is 0.246. The van der Waals surface area contributed by atoms with Gasteiger partial charge in [0.2, 0.25) is 15.5 Å². The zero-order valence-electron chi connectivity index (χ0n) is 12.7. The summed E-state index contributed by atoms with van der Waals surface area (Å²) in [6.45, 7) is 1.04. The van der Waals surface area contributed by atoms with Crippen molar-refractivity contribution in [3.8, 4) is 0 Å². The lowest BCUT2D eigenvalue weighted by molar-refractivity contribution is 0.0697. The standard InChI is InChI=1S/C15H17N3O4S/c1-23(21,22)18-8-6-17(7-9-18)15(20)12-10-16-13-5-3-2-4-11(13)14(12)19/h2-5,10H,6-9H2,1H3,(H,16,19). The number of aromatic amines is 1. The van der Waals surface area contributed by atoms with Gasteiger partial charge in [0.15, 0.2) is 0 Å². The number of sulfonamides is 1. The minimum atomic E-state index is -3.25. The lowest BCUT2D eigenvalue weighted by Gasteiger charge is -2.33. The van der Waals surface area contributed by atoms with E-state index in [4.69, 9.17) is 0 Å². The third-order valence-corrected chi connectivity index (χ3v) is 5.32. The summed E-state index contributed by atoms with van der Waals surface area (Å²) in [6.07, 6.45) is 2.58. The van der Waals surface area contributed by atoms with Crippen LogP contribution in [0.5, 0.6) is 0 Å². The summed E-state index contributed by atoms with van der Waals surface area (Å²) < 4.78 is 24.3. The number of nitrogens with one attached hydrogen (secondary N) is 1. The van der Waals surface area contributed by atoms with Gasteiger partial charge in [-0.25, -0.2) is 8.42 Å². The molecule has 1 amide bonds.